The fourth-order valence-electron chi connectivity index (χ4n) is 2.43. The lowest BCUT2D eigenvalue weighted by atomic mass is 10.1. The van der Waals surface area contributed by atoms with Crippen LogP contribution in [0.4, 0.5) is 4.39 Å². The maximum atomic E-state index is 13.4. The maximum Gasteiger partial charge on any atom is 0.263 e. The van der Waals surface area contributed by atoms with Gasteiger partial charge in [-0.05, 0) is 30.3 Å². The van der Waals surface area contributed by atoms with Crippen LogP contribution in [-0.4, -0.2) is 15.1 Å². The quantitative estimate of drug-likeness (QED) is 0.597. The summed E-state index contributed by atoms with van der Waals surface area (Å²) >= 11 is 5.95. The molecule has 0 saturated heterocycles. The molecule has 0 aliphatic heterocycles. The zero-order valence-electron chi connectivity index (χ0n) is 12.1. The number of halogens is 2. The lowest BCUT2D eigenvalue weighted by molar-refractivity contribution is 0.432. The number of nitrogens with zero attached hydrogens (tertiary/aromatic N) is 2. The summed E-state index contributed by atoms with van der Waals surface area (Å²) in [4.78, 5) is 19.7. The number of fused-ring (bicyclic) bond motifs is 1. The van der Waals surface area contributed by atoms with Crippen molar-refractivity contribution in [2.75, 3.05) is 0 Å². The SMILES string of the molecule is O=c1c(-c2nc(-c3cccc(Cl)c3)no2)c[nH]c2ccc(F)cc12. The lowest BCUT2D eigenvalue weighted by Crippen LogP contribution is -2.06. The van der Waals surface area contributed by atoms with Crippen molar-refractivity contribution in [1.82, 2.24) is 15.1 Å². The molecule has 0 amide bonds. The predicted molar refractivity (Wildman–Crippen MR) is 88.3 cm³/mol. The van der Waals surface area contributed by atoms with Crippen molar-refractivity contribution in [3.63, 3.8) is 0 Å². The first-order chi connectivity index (χ1) is 11.6. The van der Waals surface area contributed by atoms with E-state index >= 15 is 0 Å². The zero-order chi connectivity index (χ0) is 16.7. The van der Waals surface area contributed by atoms with Gasteiger partial charge in [-0.1, -0.05) is 28.9 Å². The van der Waals surface area contributed by atoms with Gasteiger partial charge >= 0.3 is 0 Å². The molecule has 0 spiro atoms. The molecule has 5 nitrogen and oxygen atoms in total. The van der Waals surface area contributed by atoms with Gasteiger partial charge < -0.3 is 9.51 Å². The van der Waals surface area contributed by atoms with Crippen LogP contribution in [0.5, 0.6) is 0 Å². The molecule has 2 heterocycles. The van der Waals surface area contributed by atoms with Crippen LogP contribution in [0.3, 0.4) is 0 Å². The van der Waals surface area contributed by atoms with Gasteiger partial charge in [0.2, 0.25) is 11.3 Å². The molecule has 0 saturated carbocycles. The van der Waals surface area contributed by atoms with Gasteiger partial charge in [-0.3, -0.25) is 4.79 Å². The number of H-pyrrole nitrogens is 1. The molecular formula is C17H9ClFN3O2. The van der Waals surface area contributed by atoms with Gasteiger partial charge in [-0.2, -0.15) is 4.98 Å². The largest absolute Gasteiger partial charge is 0.360 e. The Bertz CT molecular complexity index is 1120. The summed E-state index contributed by atoms with van der Waals surface area (Å²) in [6.07, 6.45) is 1.47. The fraction of sp³-hybridized carbons (Fsp3) is 0. The number of rotatable bonds is 2. The highest BCUT2D eigenvalue weighted by molar-refractivity contribution is 6.30. The number of aromatic amines is 1. The molecule has 2 aromatic heterocycles. The molecule has 0 radical (unpaired) electrons. The van der Waals surface area contributed by atoms with Gasteiger partial charge in [0, 0.05) is 27.7 Å². The summed E-state index contributed by atoms with van der Waals surface area (Å²) in [6, 6.07) is 10.9. The van der Waals surface area contributed by atoms with E-state index in [0.29, 0.717) is 21.9 Å². The van der Waals surface area contributed by atoms with E-state index in [4.69, 9.17) is 16.1 Å². The second kappa shape index (κ2) is 5.58. The number of aromatic nitrogens is 3. The molecule has 0 unspecified atom stereocenters. The van der Waals surface area contributed by atoms with E-state index in [0.717, 1.165) is 0 Å². The minimum atomic E-state index is -0.490. The van der Waals surface area contributed by atoms with Crippen LogP contribution in [0.15, 0.2) is 58.0 Å². The van der Waals surface area contributed by atoms with E-state index in [1.807, 2.05) is 0 Å². The van der Waals surface area contributed by atoms with Crippen molar-refractivity contribution in [2.24, 2.45) is 0 Å². The van der Waals surface area contributed by atoms with Crippen molar-refractivity contribution in [1.29, 1.82) is 0 Å². The van der Waals surface area contributed by atoms with Gasteiger partial charge in [-0.15, -0.1) is 0 Å². The summed E-state index contributed by atoms with van der Waals surface area (Å²) in [5, 5.41) is 4.63. The summed E-state index contributed by atoms with van der Waals surface area (Å²) in [6.45, 7) is 0. The normalized spacial score (nSPS) is 11.1. The first kappa shape index (κ1) is 14.6. The third-order valence-corrected chi connectivity index (χ3v) is 3.82. The Morgan fingerprint density at radius 3 is 2.88 bits per heavy atom. The molecule has 0 atom stereocenters. The van der Waals surface area contributed by atoms with Crippen LogP contribution in [-0.2, 0) is 0 Å². The molecule has 7 heteroatoms. The average molecular weight is 342 g/mol. The Morgan fingerprint density at radius 2 is 2.04 bits per heavy atom. The Morgan fingerprint density at radius 1 is 1.17 bits per heavy atom. The summed E-state index contributed by atoms with van der Waals surface area (Å²) in [7, 11) is 0. The highest BCUT2D eigenvalue weighted by atomic mass is 35.5. The van der Waals surface area contributed by atoms with Gasteiger partial charge in [-0.25, -0.2) is 4.39 Å². The van der Waals surface area contributed by atoms with Crippen LogP contribution in [0.1, 0.15) is 0 Å². The number of benzene rings is 2. The number of nitrogens with one attached hydrogen (secondary N) is 1. The zero-order valence-corrected chi connectivity index (χ0v) is 12.8. The smallest absolute Gasteiger partial charge is 0.263 e. The van der Waals surface area contributed by atoms with Crippen LogP contribution in [0.25, 0.3) is 33.7 Å². The van der Waals surface area contributed by atoms with E-state index in [9.17, 15) is 9.18 Å². The number of hydrogen-bond donors (Lipinski definition) is 1. The molecule has 0 bridgehead atoms. The highest BCUT2D eigenvalue weighted by Gasteiger charge is 2.15. The molecule has 4 aromatic rings. The molecule has 2 aromatic carbocycles. The van der Waals surface area contributed by atoms with Crippen LogP contribution in [0, 0.1) is 5.82 Å². The van der Waals surface area contributed by atoms with E-state index in [-0.39, 0.29) is 22.3 Å². The fourth-order valence-corrected chi connectivity index (χ4v) is 2.62. The van der Waals surface area contributed by atoms with Crippen molar-refractivity contribution in [3.8, 4) is 22.8 Å². The van der Waals surface area contributed by atoms with Crippen LogP contribution >= 0.6 is 11.6 Å². The molecule has 24 heavy (non-hydrogen) atoms. The standard InChI is InChI=1S/C17H9ClFN3O2/c18-10-3-1-2-9(6-10)16-21-17(24-22-16)13-8-20-14-5-4-11(19)7-12(14)15(13)23/h1-8H,(H,20,23). The van der Waals surface area contributed by atoms with Gasteiger partial charge in [0.15, 0.2) is 0 Å². The maximum absolute atomic E-state index is 13.4. The lowest BCUT2D eigenvalue weighted by Gasteiger charge is -1.99. The summed E-state index contributed by atoms with van der Waals surface area (Å²) < 4.78 is 18.6. The average Bonchev–Trinajstić information content (AvgIpc) is 3.05. The van der Waals surface area contributed by atoms with Crippen LogP contribution < -0.4 is 5.43 Å². The second-order valence-electron chi connectivity index (χ2n) is 5.15. The predicted octanol–water partition coefficient (Wildman–Crippen LogP) is 4.04. The van der Waals surface area contributed by atoms with Crippen molar-refractivity contribution >= 4 is 22.5 Å². The molecule has 4 rings (SSSR count). The Hall–Kier alpha value is -2.99. The summed E-state index contributed by atoms with van der Waals surface area (Å²) in [5.74, 6) is -0.126. The molecule has 0 aliphatic carbocycles. The van der Waals surface area contributed by atoms with E-state index < -0.39 is 5.82 Å². The third-order valence-electron chi connectivity index (χ3n) is 3.58. The molecular weight excluding hydrogens is 333 g/mol. The molecule has 0 aliphatic rings. The van der Waals surface area contributed by atoms with Crippen LogP contribution in [0.2, 0.25) is 5.02 Å². The molecule has 1 N–H and O–H groups in total. The summed E-state index contributed by atoms with van der Waals surface area (Å²) in [5.41, 5.74) is 0.985. The van der Waals surface area contributed by atoms with E-state index in [2.05, 4.69) is 15.1 Å². The second-order valence-corrected chi connectivity index (χ2v) is 5.59. The van der Waals surface area contributed by atoms with Crippen molar-refractivity contribution < 1.29 is 8.91 Å². The number of hydrogen-bond acceptors (Lipinski definition) is 4. The minimum absolute atomic E-state index is 0.0531. The topological polar surface area (TPSA) is 71.8 Å². The Kier molecular flexibility index (Phi) is 3.39. The third kappa shape index (κ3) is 2.47. The highest BCUT2D eigenvalue weighted by Crippen LogP contribution is 2.23. The first-order valence-corrected chi connectivity index (χ1v) is 7.40. The van der Waals surface area contributed by atoms with Gasteiger partial charge in [0.05, 0.1) is 0 Å². The van der Waals surface area contributed by atoms with Crippen molar-refractivity contribution in [2.45, 2.75) is 0 Å². The monoisotopic (exact) mass is 341 g/mol. The van der Waals surface area contributed by atoms with Gasteiger partial charge in [0.1, 0.15) is 11.4 Å². The first-order valence-electron chi connectivity index (χ1n) is 7.03. The van der Waals surface area contributed by atoms with E-state index in [1.54, 1.807) is 24.3 Å². The van der Waals surface area contributed by atoms with Crippen molar-refractivity contribution in [3.05, 3.63) is 69.7 Å². The minimum Gasteiger partial charge on any atom is -0.360 e. The number of pyridine rings is 1. The Labute approximate surface area is 139 Å². The van der Waals surface area contributed by atoms with Gasteiger partial charge in [0.25, 0.3) is 5.89 Å². The van der Waals surface area contributed by atoms with E-state index in [1.165, 1.54) is 24.4 Å². The molecule has 0 fully saturated rings. The molecule has 118 valence electrons. The Balaban J connectivity index is 1.84.